The molecule has 1 N–H and O–H groups in total. The van der Waals surface area contributed by atoms with Gasteiger partial charge in [-0.3, -0.25) is 4.79 Å². The molecule has 1 aromatic carbocycles. The van der Waals surface area contributed by atoms with Crippen LogP contribution in [0, 0.1) is 6.92 Å². The standard InChI is InChI=1S/C18H20N2O3/c1-13-10-15-17(23-13)11-16(18(21)19-8-9-22-2)20(15)12-14-6-4-3-5-7-14/h3-7,10-11H,8-9,12H2,1-2H3,(H,19,21). The fourth-order valence-electron chi connectivity index (χ4n) is 2.65. The number of hydrogen-bond acceptors (Lipinski definition) is 3. The Morgan fingerprint density at radius 1 is 1.26 bits per heavy atom. The van der Waals surface area contributed by atoms with Crippen molar-refractivity contribution in [1.29, 1.82) is 0 Å². The third-order valence-electron chi connectivity index (χ3n) is 3.72. The summed E-state index contributed by atoms with van der Waals surface area (Å²) in [6.45, 7) is 3.49. The number of hydrogen-bond donors (Lipinski definition) is 1. The van der Waals surface area contributed by atoms with E-state index in [1.165, 1.54) is 0 Å². The van der Waals surface area contributed by atoms with Crippen LogP contribution < -0.4 is 5.32 Å². The molecule has 120 valence electrons. The number of fused-ring (bicyclic) bond motifs is 1. The van der Waals surface area contributed by atoms with Crippen molar-refractivity contribution in [3.8, 4) is 0 Å². The van der Waals surface area contributed by atoms with Crippen LogP contribution in [0.5, 0.6) is 0 Å². The molecule has 0 aliphatic heterocycles. The summed E-state index contributed by atoms with van der Waals surface area (Å²) in [5.74, 6) is 0.713. The fraction of sp³-hybridized carbons (Fsp3) is 0.278. The van der Waals surface area contributed by atoms with Crippen molar-refractivity contribution in [2.24, 2.45) is 0 Å². The Bertz CT molecular complexity index is 802. The minimum absolute atomic E-state index is 0.123. The van der Waals surface area contributed by atoms with Gasteiger partial charge in [0.2, 0.25) is 0 Å². The summed E-state index contributed by atoms with van der Waals surface area (Å²) in [6, 6.07) is 13.8. The molecule has 1 amide bonds. The fourth-order valence-corrected chi connectivity index (χ4v) is 2.65. The predicted octanol–water partition coefficient (Wildman–Crippen LogP) is 2.97. The van der Waals surface area contributed by atoms with Gasteiger partial charge in [-0.2, -0.15) is 0 Å². The maximum atomic E-state index is 12.5. The number of carbonyl (C=O) groups excluding carboxylic acids is 1. The summed E-state index contributed by atoms with van der Waals surface area (Å²) < 4.78 is 12.6. The van der Waals surface area contributed by atoms with Crippen LogP contribution in [-0.4, -0.2) is 30.7 Å². The molecule has 0 saturated heterocycles. The largest absolute Gasteiger partial charge is 0.460 e. The van der Waals surface area contributed by atoms with Gasteiger partial charge in [-0.05, 0) is 12.5 Å². The highest BCUT2D eigenvalue weighted by atomic mass is 16.5. The number of carbonyl (C=O) groups is 1. The van der Waals surface area contributed by atoms with Crippen LogP contribution in [0.2, 0.25) is 0 Å². The van der Waals surface area contributed by atoms with E-state index >= 15 is 0 Å². The third-order valence-corrected chi connectivity index (χ3v) is 3.72. The van der Waals surface area contributed by atoms with Gasteiger partial charge in [0.15, 0.2) is 5.58 Å². The number of aromatic nitrogens is 1. The number of nitrogens with one attached hydrogen (secondary N) is 1. The van der Waals surface area contributed by atoms with E-state index in [4.69, 9.17) is 9.15 Å². The number of benzene rings is 1. The third kappa shape index (κ3) is 3.29. The molecule has 0 unspecified atom stereocenters. The summed E-state index contributed by atoms with van der Waals surface area (Å²) in [4.78, 5) is 12.5. The number of aryl methyl sites for hydroxylation is 1. The Hall–Kier alpha value is -2.53. The van der Waals surface area contributed by atoms with Crippen LogP contribution >= 0.6 is 0 Å². The van der Waals surface area contributed by atoms with Gasteiger partial charge in [0.1, 0.15) is 11.5 Å². The van der Waals surface area contributed by atoms with E-state index < -0.39 is 0 Å². The molecule has 0 bridgehead atoms. The quantitative estimate of drug-likeness (QED) is 0.712. The lowest BCUT2D eigenvalue weighted by Crippen LogP contribution is -2.29. The number of rotatable bonds is 6. The summed E-state index contributed by atoms with van der Waals surface area (Å²) in [5, 5.41) is 2.86. The number of methoxy groups -OCH3 is 1. The second-order valence-electron chi connectivity index (χ2n) is 5.46. The van der Waals surface area contributed by atoms with Gasteiger partial charge >= 0.3 is 0 Å². The lowest BCUT2D eigenvalue weighted by Gasteiger charge is -2.10. The van der Waals surface area contributed by atoms with Crippen LogP contribution in [0.3, 0.4) is 0 Å². The van der Waals surface area contributed by atoms with Crippen molar-refractivity contribution in [2.45, 2.75) is 13.5 Å². The van der Waals surface area contributed by atoms with Gasteiger partial charge in [-0.15, -0.1) is 0 Å². The van der Waals surface area contributed by atoms with Crippen LogP contribution in [0.4, 0.5) is 0 Å². The predicted molar refractivity (Wildman–Crippen MR) is 88.7 cm³/mol. The first-order chi connectivity index (χ1) is 11.2. The number of amides is 1. The van der Waals surface area contributed by atoms with Gasteiger partial charge in [0, 0.05) is 32.3 Å². The summed E-state index contributed by atoms with van der Waals surface area (Å²) >= 11 is 0. The molecular weight excluding hydrogens is 292 g/mol. The minimum atomic E-state index is -0.123. The first-order valence-corrected chi connectivity index (χ1v) is 7.60. The van der Waals surface area contributed by atoms with Crippen molar-refractivity contribution in [3.63, 3.8) is 0 Å². The lowest BCUT2D eigenvalue weighted by atomic mass is 10.2. The molecule has 2 aromatic heterocycles. The monoisotopic (exact) mass is 312 g/mol. The molecular formula is C18H20N2O3. The molecule has 0 spiro atoms. The lowest BCUT2D eigenvalue weighted by molar-refractivity contribution is 0.0928. The molecule has 0 atom stereocenters. The van der Waals surface area contributed by atoms with Crippen molar-refractivity contribution in [3.05, 3.63) is 59.5 Å². The smallest absolute Gasteiger partial charge is 0.268 e. The highest BCUT2D eigenvalue weighted by Crippen LogP contribution is 2.24. The van der Waals surface area contributed by atoms with E-state index in [0.717, 1.165) is 22.4 Å². The molecule has 0 fully saturated rings. The average molecular weight is 312 g/mol. The highest BCUT2D eigenvalue weighted by molar-refractivity contribution is 5.97. The highest BCUT2D eigenvalue weighted by Gasteiger charge is 2.18. The molecule has 0 radical (unpaired) electrons. The average Bonchev–Trinajstić information content (AvgIpc) is 3.06. The van der Waals surface area contributed by atoms with Crippen LogP contribution in [0.15, 0.2) is 46.9 Å². The van der Waals surface area contributed by atoms with Gasteiger partial charge in [0.25, 0.3) is 5.91 Å². The van der Waals surface area contributed by atoms with E-state index in [9.17, 15) is 4.79 Å². The van der Waals surface area contributed by atoms with E-state index in [-0.39, 0.29) is 5.91 Å². The van der Waals surface area contributed by atoms with Crippen LogP contribution in [-0.2, 0) is 11.3 Å². The van der Waals surface area contributed by atoms with E-state index in [2.05, 4.69) is 5.32 Å². The maximum Gasteiger partial charge on any atom is 0.268 e. The second-order valence-corrected chi connectivity index (χ2v) is 5.46. The number of furan rings is 1. The molecule has 3 rings (SSSR count). The summed E-state index contributed by atoms with van der Waals surface area (Å²) in [7, 11) is 1.61. The number of ether oxygens (including phenoxy) is 1. The molecule has 0 saturated carbocycles. The van der Waals surface area contributed by atoms with Gasteiger partial charge in [0.05, 0.1) is 12.1 Å². The molecule has 3 aromatic rings. The SMILES string of the molecule is COCCNC(=O)c1cc2oc(C)cc2n1Cc1ccccc1. The van der Waals surface area contributed by atoms with Crippen molar-refractivity contribution in [2.75, 3.05) is 20.3 Å². The Morgan fingerprint density at radius 3 is 2.78 bits per heavy atom. The molecule has 5 heteroatoms. The van der Waals surface area contributed by atoms with Crippen LogP contribution in [0.1, 0.15) is 21.8 Å². The zero-order valence-corrected chi connectivity index (χ0v) is 13.3. The van der Waals surface area contributed by atoms with Gasteiger partial charge in [-0.1, -0.05) is 30.3 Å². The molecule has 2 heterocycles. The Balaban J connectivity index is 1.95. The first kappa shape index (κ1) is 15.4. The van der Waals surface area contributed by atoms with Crippen molar-refractivity contribution in [1.82, 2.24) is 9.88 Å². The molecule has 0 aliphatic carbocycles. The van der Waals surface area contributed by atoms with Gasteiger partial charge < -0.3 is 19.0 Å². The Morgan fingerprint density at radius 2 is 2.04 bits per heavy atom. The van der Waals surface area contributed by atoms with E-state index in [1.54, 1.807) is 13.2 Å². The Kier molecular flexibility index (Phi) is 4.48. The maximum absolute atomic E-state index is 12.5. The zero-order chi connectivity index (χ0) is 16.2. The second kappa shape index (κ2) is 6.71. The zero-order valence-electron chi connectivity index (χ0n) is 13.3. The Labute approximate surface area is 134 Å². The summed E-state index contributed by atoms with van der Waals surface area (Å²) in [6.07, 6.45) is 0. The van der Waals surface area contributed by atoms with Crippen molar-refractivity contribution < 1.29 is 13.9 Å². The summed E-state index contributed by atoms with van der Waals surface area (Å²) in [5.41, 5.74) is 3.40. The van der Waals surface area contributed by atoms with Crippen LogP contribution in [0.25, 0.3) is 11.1 Å². The van der Waals surface area contributed by atoms with Crippen molar-refractivity contribution >= 4 is 17.0 Å². The minimum Gasteiger partial charge on any atom is -0.460 e. The molecule has 5 nitrogen and oxygen atoms in total. The topological polar surface area (TPSA) is 56.4 Å². The molecule has 23 heavy (non-hydrogen) atoms. The number of nitrogens with zero attached hydrogens (tertiary/aromatic N) is 1. The molecule has 0 aliphatic rings. The van der Waals surface area contributed by atoms with E-state index in [0.29, 0.717) is 25.4 Å². The first-order valence-electron chi connectivity index (χ1n) is 7.60. The van der Waals surface area contributed by atoms with E-state index in [1.807, 2.05) is 47.9 Å². The van der Waals surface area contributed by atoms with Gasteiger partial charge in [-0.25, -0.2) is 0 Å². The normalized spacial score (nSPS) is 11.0.